The largest absolute Gasteiger partial charge is 0.315 e. The van der Waals surface area contributed by atoms with E-state index in [2.05, 4.69) is 21.3 Å². The Labute approximate surface area is 122 Å². The third-order valence-corrected chi connectivity index (χ3v) is 6.26. The normalized spacial score (nSPS) is 49.2. The summed E-state index contributed by atoms with van der Waals surface area (Å²) >= 11 is 0. The first-order valence-electron chi connectivity index (χ1n) is 8.78. The van der Waals surface area contributed by atoms with Crippen molar-refractivity contribution in [1.29, 1.82) is 0 Å². The molecule has 0 radical (unpaired) electrons. The molecule has 0 aromatic heterocycles. The monoisotopic (exact) mass is 278 g/mol. The van der Waals surface area contributed by atoms with Crippen molar-refractivity contribution < 1.29 is 0 Å². The van der Waals surface area contributed by atoms with Gasteiger partial charge in [0.25, 0.3) is 0 Å². The second-order valence-corrected chi connectivity index (χ2v) is 7.66. The SMILES string of the molecule is C1CCC2(CCC(C3CNCC4(CCCN4)C3)N2)NC1. The van der Waals surface area contributed by atoms with Crippen LogP contribution in [0.3, 0.4) is 0 Å². The van der Waals surface area contributed by atoms with Gasteiger partial charge in [-0.2, -0.15) is 0 Å². The van der Waals surface area contributed by atoms with Crippen LogP contribution in [0.2, 0.25) is 0 Å². The standard InChI is InChI=1S/C16H30N4/c1-2-8-19-16(6-1)7-4-14(20-16)13-10-15(12-17-11-13)5-3-9-18-15/h13-14,17-20H,1-12H2. The molecule has 2 spiro atoms. The first-order valence-corrected chi connectivity index (χ1v) is 8.78. The number of hydrogen-bond acceptors (Lipinski definition) is 4. The van der Waals surface area contributed by atoms with Crippen LogP contribution in [-0.2, 0) is 0 Å². The van der Waals surface area contributed by atoms with Gasteiger partial charge in [0.1, 0.15) is 0 Å². The summed E-state index contributed by atoms with van der Waals surface area (Å²) in [6.07, 6.45) is 10.8. The molecule has 0 aromatic carbocycles. The van der Waals surface area contributed by atoms with Gasteiger partial charge >= 0.3 is 0 Å². The maximum absolute atomic E-state index is 4.00. The van der Waals surface area contributed by atoms with Crippen LogP contribution in [0.4, 0.5) is 0 Å². The quantitative estimate of drug-likeness (QED) is 0.577. The summed E-state index contributed by atoms with van der Waals surface area (Å²) in [6, 6.07) is 0.715. The third-order valence-electron chi connectivity index (χ3n) is 6.26. The van der Waals surface area contributed by atoms with Gasteiger partial charge < -0.3 is 10.6 Å². The van der Waals surface area contributed by atoms with Gasteiger partial charge in [-0.05, 0) is 76.9 Å². The molecule has 4 unspecified atom stereocenters. The fourth-order valence-corrected chi connectivity index (χ4v) is 5.18. The molecule has 4 aliphatic heterocycles. The highest BCUT2D eigenvalue weighted by Crippen LogP contribution is 2.37. The van der Waals surface area contributed by atoms with Crippen molar-refractivity contribution in [2.24, 2.45) is 5.92 Å². The smallest absolute Gasteiger partial charge is 0.0690 e. The molecule has 114 valence electrons. The molecule has 0 aliphatic carbocycles. The van der Waals surface area contributed by atoms with Crippen molar-refractivity contribution in [2.75, 3.05) is 26.2 Å². The lowest BCUT2D eigenvalue weighted by Crippen LogP contribution is -2.61. The Kier molecular flexibility index (Phi) is 3.53. The van der Waals surface area contributed by atoms with E-state index >= 15 is 0 Å². The zero-order valence-corrected chi connectivity index (χ0v) is 12.6. The Balaban J connectivity index is 1.40. The maximum atomic E-state index is 4.00. The van der Waals surface area contributed by atoms with Crippen LogP contribution in [-0.4, -0.2) is 43.4 Å². The lowest BCUT2D eigenvalue weighted by molar-refractivity contribution is 0.165. The van der Waals surface area contributed by atoms with Gasteiger partial charge in [-0.3, -0.25) is 10.6 Å². The Bertz CT molecular complexity index is 344. The summed E-state index contributed by atoms with van der Waals surface area (Å²) in [7, 11) is 0. The molecule has 4 fully saturated rings. The fourth-order valence-electron chi connectivity index (χ4n) is 5.18. The zero-order chi connectivity index (χ0) is 13.5. The molecule has 4 N–H and O–H groups in total. The minimum absolute atomic E-state index is 0.288. The summed E-state index contributed by atoms with van der Waals surface area (Å²) < 4.78 is 0. The minimum atomic E-state index is 0.288. The predicted octanol–water partition coefficient (Wildman–Crippen LogP) is 0.940. The highest BCUT2D eigenvalue weighted by Gasteiger charge is 2.46. The van der Waals surface area contributed by atoms with Crippen LogP contribution in [0.15, 0.2) is 0 Å². The molecule has 4 saturated heterocycles. The number of rotatable bonds is 1. The lowest BCUT2D eigenvalue weighted by Gasteiger charge is -2.42. The van der Waals surface area contributed by atoms with E-state index in [1.54, 1.807) is 0 Å². The van der Waals surface area contributed by atoms with Gasteiger partial charge in [-0.25, -0.2) is 0 Å². The molecule has 4 nitrogen and oxygen atoms in total. The van der Waals surface area contributed by atoms with Crippen LogP contribution < -0.4 is 21.3 Å². The molecular formula is C16H30N4. The summed E-state index contributed by atoms with van der Waals surface area (Å²) in [5, 5.41) is 15.3. The Morgan fingerprint density at radius 2 is 1.85 bits per heavy atom. The molecule has 20 heavy (non-hydrogen) atoms. The van der Waals surface area contributed by atoms with Crippen LogP contribution in [0.5, 0.6) is 0 Å². The van der Waals surface area contributed by atoms with E-state index in [0.717, 1.165) is 5.92 Å². The molecule has 0 bridgehead atoms. The molecule has 4 aliphatic rings. The van der Waals surface area contributed by atoms with E-state index in [9.17, 15) is 0 Å². The third kappa shape index (κ3) is 2.41. The fraction of sp³-hybridized carbons (Fsp3) is 1.00. The molecule has 4 rings (SSSR count). The van der Waals surface area contributed by atoms with Crippen molar-refractivity contribution in [1.82, 2.24) is 21.3 Å². The lowest BCUT2D eigenvalue weighted by atomic mass is 9.79. The molecule has 0 aromatic rings. The number of piperidine rings is 2. The van der Waals surface area contributed by atoms with Crippen molar-refractivity contribution in [3.05, 3.63) is 0 Å². The molecule has 0 saturated carbocycles. The van der Waals surface area contributed by atoms with Crippen LogP contribution in [0.1, 0.15) is 51.4 Å². The maximum Gasteiger partial charge on any atom is 0.0690 e. The first-order chi connectivity index (χ1) is 9.79. The van der Waals surface area contributed by atoms with Crippen molar-refractivity contribution >= 4 is 0 Å². The summed E-state index contributed by atoms with van der Waals surface area (Å²) in [5.74, 6) is 0.803. The van der Waals surface area contributed by atoms with E-state index in [4.69, 9.17) is 0 Å². The topological polar surface area (TPSA) is 48.1 Å². The van der Waals surface area contributed by atoms with Crippen LogP contribution in [0, 0.1) is 5.92 Å². The van der Waals surface area contributed by atoms with E-state index in [0.29, 0.717) is 11.6 Å². The molecule has 0 amide bonds. The van der Waals surface area contributed by atoms with Crippen molar-refractivity contribution in [2.45, 2.75) is 68.6 Å². The van der Waals surface area contributed by atoms with E-state index < -0.39 is 0 Å². The van der Waals surface area contributed by atoms with Gasteiger partial charge in [0.15, 0.2) is 0 Å². The highest BCUT2D eigenvalue weighted by atomic mass is 15.2. The van der Waals surface area contributed by atoms with Gasteiger partial charge in [0.05, 0.1) is 5.66 Å². The molecule has 4 atom stereocenters. The predicted molar refractivity (Wildman–Crippen MR) is 81.7 cm³/mol. The second kappa shape index (κ2) is 5.24. The van der Waals surface area contributed by atoms with Crippen molar-refractivity contribution in [3.8, 4) is 0 Å². The Morgan fingerprint density at radius 1 is 0.900 bits per heavy atom. The number of nitrogens with one attached hydrogen (secondary N) is 4. The average Bonchev–Trinajstić information content (AvgIpc) is 3.08. The highest BCUT2D eigenvalue weighted by molar-refractivity contribution is 5.05. The zero-order valence-electron chi connectivity index (χ0n) is 12.6. The second-order valence-electron chi connectivity index (χ2n) is 7.66. The summed E-state index contributed by atoms with van der Waals surface area (Å²) in [5.41, 5.74) is 0.705. The summed E-state index contributed by atoms with van der Waals surface area (Å²) in [4.78, 5) is 0. The minimum Gasteiger partial charge on any atom is -0.315 e. The average molecular weight is 278 g/mol. The van der Waals surface area contributed by atoms with E-state index in [-0.39, 0.29) is 5.66 Å². The van der Waals surface area contributed by atoms with Gasteiger partial charge in [0, 0.05) is 18.1 Å². The molecular weight excluding hydrogens is 248 g/mol. The van der Waals surface area contributed by atoms with Gasteiger partial charge in [-0.1, -0.05) is 0 Å². The van der Waals surface area contributed by atoms with Crippen molar-refractivity contribution in [3.63, 3.8) is 0 Å². The summed E-state index contributed by atoms with van der Waals surface area (Å²) in [6.45, 7) is 4.81. The van der Waals surface area contributed by atoms with E-state index in [1.165, 1.54) is 77.5 Å². The molecule has 4 heteroatoms. The van der Waals surface area contributed by atoms with E-state index in [1.807, 2.05) is 0 Å². The first kappa shape index (κ1) is 13.5. The van der Waals surface area contributed by atoms with Crippen LogP contribution >= 0.6 is 0 Å². The number of hydrogen-bond donors (Lipinski definition) is 4. The van der Waals surface area contributed by atoms with Gasteiger partial charge in [-0.15, -0.1) is 0 Å². The Hall–Kier alpha value is -0.160. The van der Waals surface area contributed by atoms with Crippen LogP contribution in [0.25, 0.3) is 0 Å². The molecule has 4 heterocycles. The van der Waals surface area contributed by atoms with Gasteiger partial charge in [0.2, 0.25) is 0 Å². The Morgan fingerprint density at radius 3 is 2.65 bits per heavy atom.